The molecule has 2 fully saturated rings. The summed E-state index contributed by atoms with van der Waals surface area (Å²) in [6.07, 6.45) is 8.78. The molecule has 0 spiro atoms. The number of thioether (sulfide) groups is 1. The summed E-state index contributed by atoms with van der Waals surface area (Å²) < 4.78 is 1.97. The molecule has 4 rings (SSSR count). The molecule has 7 nitrogen and oxygen atoms in total. The Kier molecular flexibility index (Phi) is 5.69. The molecule has 2 aromatic heterocycles. The Morgan fingerprint density at radius 3 is 2.73 bits per heavy atom. The molecule has 26 heavy (non-hydrogen) atoms. The van der Waals surface area contributed by atoms with Gasteiger partial charge in [0.15, 0.2) is 5.16 Å². The van der Waals surface area contributed by atoms with E-state index in [0.717, 1.165) is 49.6 Å². The second-order valence-electron chi connectivity index (χ2n) is 7.16. The van der Waals surface area contributed by atoms with Crippen molar-refractivity contribution >= 4 is 17.7 Å². The first-order valence-corrected chi connectivity index (χ1v) is 10.6. The number of nitrogens with zero attached hydrogens (tertiary/aromatic N) is 7. The third-order valence-electron chi connectivity index (χ3n) is 5.36. The third-order valence-corrected chi connectivity index (χ3v) is 6.48. The lowest BCUT2D eigenvalue weighted by atomic mass is 9.83. The summed E-state index contributed by atoms with van der Waals surface area (Å²) >= 11 is 1.78. The summed E-state index contributed by atoms with van der Waals surface area (Å²) in [5.41, 5.74) is 1.24. The quantitative estimate of drug-likeness (QED) is 0.544. The van der Waals surface area contributed by atoms with Gasteiger partial charge in [-0.3, -0.25) is 4.90 Å². The van der Waals surface area contributed by atoms with Crippen LogP contribution in [0.25, 0.3) is 0 Å². The molecule has 0 radical (unpaired) electrons. The molecular formula is C18H27N7S. The van der Waals surface area contributed by atoms with E-state index in [1.165, 1.54) is 31.4 Å². The van der Waals surface area contributed by atoms with Crippen molar-refractivity contribution < 1.29 is 0 Å². The van der Waals surface area contributed by atoms with Crippen LogP contribution in [0.2, 0.25) is 0 Å². The number of rotatable bonds is 7. The highest BCUT2D eigenvalue weighted by Gasteiger charge is 2.23. The van der Waals surface area contributed by atoms with Gasteiger partial charge in [0.05, 0.1) is 0 Å². The van der Waals surface area contributed by atoms with Crippen molar-refractivity contribution in [2.24, 2.45) is 7.05 Å². The van der Waals surface area contributed by atoms with Crippen LogP contribution in [0.3, 0.4) is 0 Å². The summed E-state index contributed by atoms with van der Waals surface area (Å²) in [5.74, 6) is 2.68. The summed E-state index contributed by atoms with van der Waals surface area (Å²) in [6, 6.07) is 2.10. The van der Waals surface area contributed by atoms with Crippen molar-refractivity contribution in [3.63, 3.8) is 0 Å². The zero-order valence-electron chi connectivity index (χ0n) is 15.4. The molecule has 0 atom stereocenters. The molecule has 140 valence electrons. The molecule has 2 aromatic rings. The zero-order chi connectivity index (χ0) is 17.8. The molecule has 8 heteroatoms. The van der Waals surface area contributed by atoms with Crippen LogP contribution in [0, 0.1) is 0 Å². The van der Waals surface area contributed by atoms with Crippen molar-refractivity contribution in [2.45, 2.75) is 36.8 Å². The maximum Gasteiger partial charge on any atom is 0.225 e. The Balaban J connectivity index is 1.20. The van der Waals surface area contributed by atoms with E-state index >= 15 is 0 Å². The lowest BCUT2D eigenvalue weighted by Gasteiger charge is -2.35. The lowest BCUT2D eigenvalue weighted by Crippen LogP contribution is -2.47. The fraction of sp³-hybridized carbons (Fsp3) is 0.667. The van der Waals surface area contributed by atoms with Crippen molar-refractivity contribution in [1.82, 2.24) is 29.6 Å². The van der Waals surface area contributed by atoms with E-state index in [9.17, 15) is 0 Å². The number of aryl methyl sites for hydroxylation is 1. The Morgan fingerprint density at radius 1 is 1.19 bits per heavy atom. The van der Waals surface area contributed by atoms with Gasteiger partial charge < -0.3 is 9.47 Å². The highest BCUT2D eigenvalue weighted by Crippen LogP contribution is 2.35. The predicted octanol–water partition coefficient (Wildman–Crippen LogP) is 2.18. The van der Waals surface area contributed by atoms with Crippen LogP contribution >= 0.6 is 11.8 Å². The van der Waals surface area contributed by atoms with Gasteiger partial charge in [-0.05, 0) is 31.9 Å². The van der Waals surface area contributed by atoms with Gasteiger partial charge in [0.1, 0.15) is 6.33 Å². The van der Waals surface area contributed by atoms with E-state index < -0.39 is 0 Å². The highest BCUT2D eigenvalue weighted by atomic mass is 32.2. The SMILES string of the molecule is Cn1cnnc1SCCCN1CCN(c2nccc(C3CCC3)n2)CC1. The fourth-order valence-electron chi connectivity index (χ4n) is 3.47. The van der Waals surface area contributed by atoms with Crippen LogP contribution in [0.1, 0.15) is 37.3 Å². The van der Waals surface area contributed by atoms with Crippen molar-refractivity contribution in [3.8, 4) is 0 Å². The molecule has 1 saturated carbocycles. The molecule has 2 aliphatic rings. The molecule has 0 N–H and O–H groups in total. The summed E-state index contributed by atoms with van der Waals surface area (Å²) in [6.45, 7) is 5.36. The van der Waals surface area contributed by atoms with E-state index in [1.807, 2.05) is 17.8 Å². The van der Waals surface area contributed by atoms with Gasteiger partial charge in [-0.1, -0.05) is 18.2 Å². The molecule has 1 saturated heterocycles. The predicted molar refractivity (Wildman–Crippen MR) is 104 cm³/mol. The van der Waals surface area contributed by atoms with Crippen LogP contribution in [-0.4, -0.2) is 68.1 Å². The first kappa shape index (κ1) is 17.7. The molecule has 0 bridgehead atoms. The first-order chi connectivity index (χ1) is 12.8. The third kappa shape index (κ3) is 4.17. The number of hydrogen-bond donors (Lipinski definition) is 0. The van der Waals surface area contributed by atoms with Crippen molar-refractivity contribution in [3.05, 3.63) is 24.3 Å². The lowest BCUT2D eigenvalue weighted by molar-refractivity contribution is 0.258. The van der Waals surface area contributed by atoms with E-state index in [1.54, 1.807) is 18.1 Å². The Bertz CT molecular complexity index is 707. The van der Waals surface area contributed by atoms with Crippen molar-refractivity contribution in [2.75, 3.05) is 43.4 Å². The summed E-state index contributed by atoms with van der Waals surface area (Å²) in [4.78, 5) is 14.2. The standard InChI is InChI=1S/C18H27N7S/c1-23-14-20-22-18(23)26-13-3-8-24-9-11-25(12-10-24)17-19-7-6-16(21-17)15-4-2-5-15/h6-7,14-15H,2-5,8-13H2,1H3. The van der Waals surface area contributed by atoms with Gasteiger partial charge in [-0.25, -0.2) is 9.97 Å². The molecule has 0 aromatic carbocycles. The minimum atomic E-state index is 0.671. The van der Waals surface area contributed by atoms with Gasteiger partial charge in [-0.15, -0.1) is 10.2 Å². The monoisotopic (exact) mass is 373 g/mol. The van der Waals surface area contributed by atoms with Crippen LogP contribution < -0.4 is 4.90 Å². The normalized spacial score (nSPS) is 18.9. The molecule has 1 aliphatic carbocycles. The van der Waals surface area contributed by atoms with E-state index in [4.69, 9.17) is 4.98 Å². The molecular weight excluding hydrogens is 346 g/mol. The van der Waals surface area contributed by atoms with Gasteiger partial charge >= 0.3 is 0 Å². The average Bonchev–Trinajstić information content (AvgIpc) is 3.03. The number of piperazine rings is 1. The number of aromatic nitrogens is 5. The highest BCUT2D eigenvalue weighted by molar-refractivity contribution is 7.99. The first-order valence-electron chi connectivity index (χ1n) is 9.56. The van der Waals surface area contributed by atoms with E-state index in [-0.39, 0.29) is 0 Å². The zero-order valence-corrected chi connectivity index (χ0v) is 16.2. The van der Waals surface area contributed by atoms with Gasteiger partial charge in [0, 0.05) is 56.8 Å². The minimum absolute atomic E-state index is 0.671. The van der Waals surface area contributed by atoms with Gasteiger partial charge in [0.25, 0.3) is 0 Å². The number of hydrogen-bond acceptors (Lipinski definition) is 7. The largest absolute Gasteiger partial charge is 0.338 e. The topological polar surface area (TPSA) is 63.0 Å². The Hall–Kier alpha value is -1.67. The molecule has 1 aliphatic heterocycles. The van der Waals surface area contributed by atoms with Crippen LogP contribution in [0.4, 0.5) is 5.95 Å². The second kappa shape index (κ2) is 8.35. The van der Waals surface area contributed by atoms with Gasteiger partial charge in [0.2, 0.25) is 5.95 Å². The fourth-order valence-corrected chi connectivity index (χ4v) is 4.28. The Labute approximate surface area is 159 Å². The van der Waals surface area contributed by atoms with Crippen molar-refractivity contribution in [1.29, 1.82) is 0 Å². The Morgan fingerprint density at radius 2 is 2.04 bits per heavy atom. The maximum absolute atomic E-state index is 4.83. The van der Waals surface area contributed by atoms with Gasteiger partial charge in [-0.2, -0.15) is 0 Å². The minimum Gasteiger partial charge on any atom is -0.338 e. The van der Waals surface area contributed by atoms with E-state index in [0.29, 0.717) is 5.92 Å². The number of anilines is 1. The average molecular weight is 374 g/mol. The molecule has 3 heterocycles. The molecule has 0 unspecified atom stereocenters. The van der Waals surface area contributed by atoms with E-state index in [2.05, 4.69) is 31.0 Å². The van der Waals surface area contributed by atoms with Crippen LogP contribution in [-0.2, 0) is 7.05 Å². The van der Waals surface area contributed by atoms with Crippen LogP contribution in [0.15, 0.2) is 23.7 Å². The smallest absolute Gasteiger partial charge is 0.225 e. The molecule has 0 amide bonds. The summed E-state index contributed by atoms with van der Waals surface area (Å²) in [5, 5.41) is 9.03. The maximum atomic E-state index is 4.83. The summed E-state index contributed by atoms with van der Waals surface area (Å²) in [7, 11) is 1.99. The van der Waals surface area contributed by atoms with Crippen LogP contribution in [0.5, 0.6) is 0 Å². The second-order valence-corrected chi connectivity index (χ2v) is 8.23.